The van der Waals surface area contributed by atoms with Gasteiger partial charge in [0.15, 0.2) is 0 Å². The molecule has 0 unspecified atom stereocenters. The van der Waals surface area contributed by atoms with Crippen molar-refractivity contribution < 1.29 is 4.74 Å². The van der Waals surface area contributed by atoms with Crippen molar-refractivity contribution in [2.45, 2.75) is 19.6 Å². The van der Waals surface area contributed by atoms with Crippen molar-refractivity contribution >= 4 is 47.4 Å². The van der Waals surface area contributed by atoms with Gasteiger partial charge < -0.3 is 4.74 Å². The number of rotatable bonds is 0. The standard InChI is InChI=1S/C18H9OPS2/c1-4-10-16-12(6-1)21-14-8-3-9-15-18(14)20(16)17-11(19-10)5-2-7-13(17)22-15/h1-9H. The quantitative estimate of drug-likeness (QED) is 0.379. The molecule has 6 rings (SSSR count). The van der Waals surface area contributed by atoms with Crippen LogP contribution in [-0.4, -0.2) is 0 Å². The van der Waals surface area contributed by atoms with E-state index in [0.29, 0.717) is 0 Å². The zero-order valence-electron chi connectivity index (χ0n) is 11.4. The molecule has 0 N–H and O–H groups in total. The van der Waals surface area contributed by atoms with Gasteiger partial charge in [0, 0.05) is 35.5 Å². The third-order valence-electron chi connectivity index (χ3n) is 4.22. The summed E-state index contributed by atoms with van der Waals surface area (Å²) in [5, 5.41) is 4.38. The van der Waals surface area contributed by atoms with E-state index in [-0.39, 0.29) is 0 Å². The van der Waals surface area contributed by atoms with Crippen LogP contribution in [0.3, 0.4) is 0 Å². The molecule has 3 aromatic rings. The van der Waals surface area contributed by atoms with Gasteiger partial charge in [-0.3, -0.25) is 0 Å². The summed E-state index contributed by atoms with van der Waals surface area (Å²) in [6.07, 6.45) is 0. The average molecular weight is 336 g/mol. The maximum Gasteiger partial charge on any atom is 0.136 e. The molecular formula is C18H9OPS2. The van der Waals surface area contributed by atoms with Crippen LogP contribution < -0.4 is 20.7 Å². The molecule has 4 heteroatoms. The molecule has 0 amide bonds. The number of ether oxygens (including phenoxy) is 1. The van der Waals surface area contributed by atoms with Crippen molar-refractivity contribution in [3.05, 3.63) is 54.6 Å². The molecule has 0 bridgehead atoms. The normalized spacial score (nSPS) is 16.0. The predicted octanol–water partition coefficient (Wildman–Crippen LogP) is 4.48. The summed E-state index contributed by atoms with van der Waals surface area (Å²) in [4.78, 5) is 5.56. The van der Waals surface area contributed by atoms with Gasteiger partial charge in [-0.25, -0.2) is 0 Å². The Morgan fingerprint density at radius 3 is 1.59 bits per heavy atom. The molecule has 3 aliphatic heterocycles. The molecule has 3 heterocycles. The highest BCUT2D eigenvalue weighted by Crippen LogP contribution is 2.58. The van der Waals surface area contributed by atoms with Crippen molar-refractivity contribution in [2.75, 3.05) is 0 Å². The first-order valence-electron chi connectivity index (χ1n) is 7.13. The Morgan fingerprint density at radius 2 is 1.05 bits per heavy atom. The third kappa shape index (κ3) is 1.38. The summed E-state index contributed by atoms with van der Waals surface area (Å²) in [6.45, 7) is 0. The van der Waals surface area contributed by atoms with Crippen LogP contribution in [0.5, 0.6) is 11.5 Å². The lowest BCUT2D eigenvalue weighted by molar-refractivity contribution is 0.486. The Hall–Kier alpha value is -1.41. The minimum absolute atomic E-state index is 0.470. The van der Waals surface area contributed by atoms with E-state index in [1.807, 2.05) is 23.5 Å². The number of hydrogen-bond donors (Lipinski definition) is 0. The zero-order valence-corrected chi connectivity index (χ0v) is 13.9. The second-order valence-corrected chi connectivity index (χ2v) is 9.63. The van der Waals surface area contributed by atoms with Gasteiger partial charge in [-0.05, 0) is 44.3 Å². The fourth-order valence-electron chi connectivity index (χ4n) is 3.35. The molecule has 0 fully saturated rings. The molecule has 1 nitrogen and oxygen atoms in total. The van der Waals surface area contributed by atoms with E-state index in [1.54, 1.807) is 0 Å². The van der Waals surface area contributed by atoms with Gasteiger partial charge in [-0.15, -0.1) is 0 Å². The lowest BCUT2D eigenvalue weighted by Gasteiger charge is -2.39. The maximum absolute atomic E-state index is 6.24. The van der Waals surface area contributed by atoms with Gasteiger partial charge >= 0.3 is 0 Å². The number of hydrogen-bond acceptors (Lipinski definition) is 3. The van der Waals surface area contributed by atoms with Gasteiger partial charge in [0.1, 0.15) is 11.5 Å². The molecule has 3 aromatic carbocycles. The lowest BCUT2D eigenvalue weighted by Crippen LogP contribution is -2.35. The fourth-order valence-corrected chi connectivity index (χ4v) is 9.46. The monoisotopic (exact) mass is 336 g/mol. The van der Waals surface area contributed by atoms with Crippen molar-refractivity contribution in [2.24, 2.45) is 0 Å². The molecule has 22 heavy (non-hydrogen) atoms. The van der Waals surface area contributed by atoms with Gasteiger partial charge in [-0.2, -0.15) is 0 Å². The van der Waals surface area contributed by atoms with Crippen LogP contribution in [0.15, 0.2) is 74.2 Å². The maximum atomic E-state index is 6.24. The Labute approximate surface area is 137 Å². The fraction of sp³-hybridized carbons (Fsp3) is 0. The van der Waals surface area contributed by atoms with Crippen LogP contribution in [0, 0.1) is 0 Å². The van der Waals surface area contributed by atoms with Gasteiger partial charge in [0.2, 0.25) is 0 Å². The van der Waals surface area contributed by atoms with Crippen molar-refractivity contribution in [1.29, 1.82) is 0 Å². The van der Waals surface area contributed by atoms with E-state index in [1.165, 1.54) is 35.5 Å². The van der Waals surface area contributed by atoms with Crippen molar-refractivity contribution in [3.63, 3.8) is 0 Å². The van der Waals surface area contributed by atoms with Crippen LogP contribution in [0.1, 0.15) is 0 Å². The Kier molecular flexibility index (Phi) is 2.25. The number of benzene rings is 3. The molecule has 104 valence electrons. The summed E-state index contributed by atoms with van der Waals surface area (Å²) in [5.74, 6) is 2.10. The molecule has 0 saturated heterocycles. The molecule has 0 aromatic heterocycles. The highest BCUT2D eigenvalue weighted by atomic mass is 32.2. The minimum atomic E-state index is -0.470. The van der Waals surface area contributed by atoms with E-state index in [0.717, 1.165) is 11.5 Å². The summed E-state index contributed by atoms with van der Waals surface area (Å²) >= 11 is 3.78. The predicted molar refractivity (Wildman–Crippen MR) is 93.5 cm³/mol. The molecule has 0 radical (unpaired) electrons. The van der Waals surface area contributed by atoms with Crippen LogP contribution >= 0.6 is 31.4 Å². The first-order valence-corrected chi connectivity index (χ1v) is 10.1. The SMILES string of the molecule is c1cc2c3c(c1)Sc1cccc4c1P3c1c(cccc1S4)O2. The first-order chi connectivity index (χ1) is 10.9. The molecule has 0 aliphatic carbocycles. The van der Waals surface area contributed by atoms with Gasteiger partial charge in [0.05, 0.1) is 0 Å². The van der Waals surface area contributed by atoms with E-state index in [9.17, 15) is 0 Å². The second-order valence-electron chi connectivity index (χ2n) is 5.45. The largest absolute Gasteiger partial charge is 0.456 e. The lowest BCUT2D eigenvalue weighted by atomic mass is 10.3. The van der Waals surface area contributed by atoms with E-state index in [4.69, 9.17) is 4.74 Å². The van der Waals surface area contributed by atoms with Crippen LogP contribution in [0.25, 0.3) is 0 Å². The minimum Gasteiger partial charge on any atom is -0.456 e. The summed E-state index contributed by atoms with van der Waals surface area (Å²) in [5.41, 5.74) is 0. The topological polar surface area (TPSA) is 9.23 Å². The molecule has 0 saturated carbocycles. The van der Waals surface area contributed by atoms with Crippen molar-refractivity contribution in [1.82, 2.24) is 0 Å². The Bertz CT molecular complexity index is 795. The average Bonchev–Trinajstić information content (AvgIpc) is 2.55. The highest BCUT2D eigenvalue weighted by Gasteiger charge is 2.41. The van der Waals surface area contributed by atoms with Crippen LogP contribution in [0.4, 0.5) is 0 Å². The van der Waals surface area contributed by atoms with Crippen LogP contribution in [0.2, 0.25) is 0 Å². The molecular weight excluding hydrogens is 327 g/mol. The van der Waals surface area contributed by atoms with Crippen LogP contribution in [-0.2, 0) is 0 Å². The smallest absolute Gasteiger partial charge is 0.136 e. The van der Waals surface area contributed by atoms with E-state index in [2.05, 4.69) is 54.6 Å². The summed E-state index contributed by atoms with van der Waals surface area (Å²) in [6, 6.07) is 19.7. The molecule has 3 aliphatic rings. The van der Waals surface area contributed by atoms with E-state index < -0.39 is 7.92 Å². The molecule has 0 spiro atoms. The summed E-state index contributed by atoms with van der Waals surface area (Å²) in [7, 11) is -0.470. The highest BCUT2D eigenvalue weighted by molar-refractivity contribution is 8.04. The van der Waals surface area contributed by atoms with Crippen molar-refractivity contribution in [3.8, 4) is 11.5 Å². The Balaban J connectivity index is 1.80. The third-order valence-corrected chi connectivity index (χ3v) is 9.81. The molecule has 0 atom stereocenters. The Morgan fingerprint density at radius 1 is 0.591 bits per heavy atom. The van der Waals surface area contributed by atoms with Gasteiger partial charge in [0.25, 0.3) is 0 Å². The second kappa shape index (κ2) is 4.11. The van der Waals surface area contributed by atoms with E-state index >= 15 is 0 Å². The summed E-state index contributed by atoms with van der Waals surface area (Å²) < 4.78 is 6.24. The first kappa shape index (κ1) is 12.1. The van der Waals surface area contributed by atoms with Gasteiger partial charge in [-0.1, -0.05) is 41.7 Å². The zero-order chi connectivity index (χ0) is 14.3.